The number of nitrogens with two attached hydrogens (primary N) is 1. The van der Waals surface area contributed by atoms with E-state index in [-0.39, 0.29) is 19.3 Å². The van der Waals surface area contributed by atoms with E-state index in [1.807, 2.05) is 6.07 Å². The fourth-order valence-corrected chi connectivity index (χ4v) is 4.15. The molecule has 0 radical (unpaired) electrons. The van der Waals surface area contributed by atoms with Crippen molar-refractivity contribution >= 4 is 6.09 Å². The highest BCUT2D eigenvalue weighted by molar-refractivity contribution is 5.66. The Morgan fingerprint density at radius 2 is 1.92 bits per heavy atom. The third-order valence-corrected chi connectivity index (χ3v) is 5.83. The second-order valence-electron chi connectivity index (χ2n) is 7.35. The van der Waals surface area contributed by atoms with E-state index in [4.69, 9.17) is 10.5 Å². The van der Waals surface area contributed by atoms with Crippen LogP contribution in [0, 0.1) is 0 Å². The number of likely N-dealkylation sites (tertiary alicyclic amines) is 1. The van der Waals surface area contributed by atoms with E-state index in [2.05, 4.69) is 24.3 Å². The van der Waals surface area contributed by atoms with Gasteiger partial charge < -0.3 is 25.6 Å². The van der Waals surface area contributed by atoms with Crippen molar-refractivity contribution in [2.24, 2.45) is 5.73 Å². The highest BCUT2D eigenvalue weighted by Gasteiger charge is 2.46. The van der Waals surface area contributed by atoms with Crippen LogP contribution in [-0.4, -0.2) is 58.6 Å². The molecule has 1 aromatic carbocycles. The highest BCUT2D eigenvalue weighted by Crippen LogP contribution is 2.34. The van der Waals surface area contributed by atoms with E-state index in [9.17, 15) is 15.0 Å². The van der Waals surface area contributed by atoms with Crippen molar-refractivity contribution in [3.63, 3.8) is 0 Å². The summed E-state index contributed by atoms with van der Waals surface area (Å²) in [5.74, 6) is 0.578. The third kappa shape index (κ3) is 3.97. The van der Waals surface area contributed by atoms with Crippen LogP contribution in [0.5, 0.6) is 0 Å². The summed E-state index contributed by atoms with van der Waals surface area (Å²) >= 11 is 0. The number of nitrogens with zero attached hydrogens (tertiary/aromatic N) is 1. The Balaban J connectivity index is 1.53. The first-order valence-corrected chi connectivity index (χ1v) is 9.09. The van der Waals surface area contributed by atoms with Crippen LogP contribution < -0.4 is 5.73 Å². The van der Waals surface area contributed by atoms with E-state index in [0.29, 0.717) is 18.9 Å². The average molecular weight is 348 g/mol. The molecular weight excluding hydrogens is 320 g/mol. The molecule has 3 rings (SSSR count). The van der Waals surface area contributed by atoms with E-state index in [1.165, 1.54) is 10.5 Å². The van der Waals surface area contributed by atoms with Crippen molar-refractivity contribution < 1.29 is 19.7 Å². The van der Waals surface area contributed by atoms with Crippen LogP contribution in [0.3, 0.4) is 0 Å². The average Bonchev–Trinajstić information content (AvgIpc) is 2.98. The predicted octanol–water partition coefficient (Wildman–Crippen LogP) is 2.17. The van der Waals surface area contributed by atoms with Crippen LogP contribution in [0.2, 0.25) is 0 Å². The molecule has 1 aromatic rings. The van der Waals surface area contributed by atoms with Crippen LogP contribution in [0.4, 0.5) is 4.79 Å². The van der Waals surface area contributed by atoms with Crippen molar-refractivity contribution in [2.75, 3.05) is 19.8 Å². The maximum absolute atomic E-state index is 11.4. The largest absolute Gasteiger partial charge is 0.465 e. The Labute approximate surface area is 148 Å². The number of carboxylic acid groups (broad SMARTS) is 1. The van der Waals surface area contributed by atoms with Gasteiger partial charge in [-0.3, -0.25) is 0 Å². The molecule has 1 aliphatic carbocycles. The predicted molar refractivity (Wildman–Crippen MR) is 94.5 cm³/mol. The smallest absolute Gasteiger partial charge is 0.407 e. The molecule has 2 atom stereocenters. The van der Waals surface area contributed by atoms with Crippen molar-refractivity contribution in [3.8, 4) is 0 Å². The minimum absolute atomic E-state index is 0.138. The normalized spacial score (nSPS) is 32.7. The topological polar surface area (TPSA) is 96.0 Å². The number of hydrogen-bond acceptors (Lipinski definition) is 4. The Bertz CT molecular complexity index is 574. The number of rotatable bonds is 5. The highest BCUT2D eigenvalue weighted by atomic mass is 16.5. The molecule has 1 amide bonds. The lowest BCUT2D eigenvalue weighted by atomic mass is 9.83. The van der Waals surface area contributed by atoms with Gasteiger partial charge in [-0.2, -0.15) is 0 Å². The molecule has 138 valence electrons. The van der Waals surface area contributed by atoms with E-state index in [0.717, 1.165) is 25.7 Å². The Hall–Kier alpha value is -1.63. The Morgan fingerprint density at radius 1 is 1.24 bits per heavy atom. The molecule has 0 bridgehead atoms. The second-order valence-corrected chi connectivity index (χ2v) is 7.35. The number of hydrogen-bond donors (Lipinski definition) is 3. The first-order chi connectivity index (χ1) is 12.0. The maximum Gasteiger partial charge on any atom is 0.407 e. The summed E-state index contributed by atoms with van der Waals surface area (Å²) in [6.45, 7) is 0.372. The van der Waals surface area contributed by atoms with Gasteiger partial charge in [-0.1, -0.05) is 30.3 Å². The molecule has 2 unspecified atom stereocenters. The lowest BCUT2D eigenvalue weighted by molar-refractivity contribution is -0.0169. The van der Waals surface area contributed by atoms with Crippen LogP contribution >= 0.6 is 0 Å². The molecule has 1 heterocycles. The second kappa shape index (κ2) is 7.72. The van der Waals surface area contributed by atoms with E-state index >= 15 is 0 Å². The first kappa shape index (κ1) is 18.2. The molecule has 1 saturated heterocycles. The summed E-state index contributed by atoms with van der Waals surface area (Å²) in [6, 6.07) is 10.1. The standard InChI is InChI=1S/C19H28N2O4/c20-19(13-22)10-11-21(18(23)24)17(19)12-25-16-8-6-15(7-9-16)14-4-2-1-3-5-14/h1-5,15-17,22H,6-13,20H2,(H,23,24). The molecule has 0 aromatic heterocycles. The number of benzene rings is 1. The summed E-state index contributed by atoms with van der Waals surface area (Å²) in [5.41, 5.74) is 6.69. The first-order valence-electron chi connectivity index (χ1n) is 9.09. The van der Waals surface area contributed by atoms with Gasteiger partial charge >= 0.3 is 6.09 Å². The summed E-state index contributed by atoms with van der Waals surface area (Å²) in [4.78, 5) is 12.7. The molecule has 25 heavy (non-hydrogen) atoms. The number of aliphatic hydroxyl groups is 1. The van der Waals surface area contributed by atoms with Crippen molar-refractivity contribution in [1.29, 1.82) is 0 Å². The maximum atomic E-state index is 11.4. The number of ether oxygens (including phenoxy) is 1. The molecule has 0 spiro atoms. The van der Waals surface area contributed by atoms with Crippen LogP contribution in [-0.2, 0) is 4.74 Å². The van der Waals surface area contributed by atoms with Gasteiger partial charge in [-0.05, 0) is 43.6 Å². The van der Waals surface area contributed by atoms with Gasteiger partial charge in [0, 0.05) is 6.54 Å². The third-order valence-electron chi connectivity index (χ3n) is 5.83. The van der Waals surface area contributed by atoms with Gasteiger partial charge in [0.25, 0.3) is 0 Å². The molecule has 6 nitrogen and oxygen atoms in total. The number of aliphatic hydroxyl groups excluding tert-OH is 1. The van der Waals surface area contributed by atoms with Gasteiger partial charge in [0.1, 0.15) is 0 Å². The van der Waals surface area contributed by atoms with E-state index in [1.54, 1.807) is 0 Å². The zero-order valence-corrected chi connectivity index (χ0v) is 14.5. The van der Waals surface area contributed by atoms with Crippen molar-refractivity contribution in [2.45, 2.75) is 55.7 Å². The molecule has 2 fully saturated rings. The molecular formula is C19H28N2O4. The van der Waals surface area contributed by atoms with Crippen molar-refractivity contribution in [1.82, 2.24) is 4.90 Å². The van der Waals surface area contributed by atoms with Crippen LogP contribution in [0.25, 0.3) is 0 Å². The van der Waals surface area contributed by atoms with Gasteiger partial charge in [-0.25, -0.2) is 4.79 Å². The molecule has 4 N–H and O–H groups in total. The summed E-state index contributed by atoms with van der Waals surface area (Å²) in [6.07, 6.45) is 3.70. The minimum Gasteiger partial charge on any atom is -0.465 e. The van der Waals surface area contributed by atoms with Gasteiger partial charge in [0.05, 0.1) is 30.9 Å². The van der Waals surface area contributed by atoms with Crippen molar-refractivity contribution in [3.05, 3.63) is 35.9 Å². The summed E-state index contributed by atoms with van der Waals surface area (Å²) in [7, 11) is 0. The SMILES string of the molecule is NC1(CO)CCN(C(=O)O)C1COC1CCC(c2ccccc2)CC1. The molecule has 1 aliphatic heterocycles. The zero-order chi connectivity index (χ0) is 17.9. The summed E-state index contributed by atoms with van der Waals surface area (Å²) < 4.78 is 6.03. The van der Waals surface area contributed by atoms with Gasteiger partial charge in [-0.15, -0.1) is 0 Å². The lowest BCUT2D eigenvalue weighted by Crippen LogP contribution is -2.57. The van der Waals surface area contributed by atoms with Crippen LogP contribution in [0.15, 0.2) is 30.3 Å². The van der Waals surface area contributed by atoms with Gasteiger partial charge in [0.2, 0.25) is 0 Å². The molecule has 1 saturated carbocycles. The summed E-state index contributed by atoms with van der Waals surface area (Å²) in [5, 5.41) is 18.9. The number of amides is 1. The van der Waals surface area contributed by atoms with Crippen LogP contribution in [0.1, 0.15) is 43.6 Å². The molecule has 2 aliphatic rings. The fraction of sp³-hybridized carbons (Fsp3) is 0.632. The lowest BCUT2D eigenvalue weighted by Gasteiger charge is -2.35. The Morgan fingerprint density at radius 3 is 2.52 bits per heavy atom. The Kier molecular flexibility index (Phi) is 5.61. The van der Waals surface area contributed by atoms with E-state index < -0.39 is 17.7 Å². The fourth-order valence-electron chi connectivity index (χ4n) is 4.15. The molecule has 6 heteroatoms. The minimum atomic E-state index is -0.998. The zero-order valence-electron chi connectivity index (χ0n) is 14.5. The quantitative estimate of drug-likeness (QED) is 0.758. The van der Waals surface area contributed by atoms with Gasteiger partial charge in [0.15, 0.2) is 0 Å². The monoisotopic (exact) mass is 348 g/mol. The number of carbonyl (C=O) groups is 1.